The van der Waals surface area contributed by atoms with Crippen LogP contribution in [0.3, 0.4) is 0 Å². The van der Waals surface area contributed by atoms with E-state index in [0.717, 1.165) is 27.9 Å². The topological polar surface area (TPSA) is 62.3 Å². The lowest BCUT2D eigenvalue weighted by molar-refractivity contribution is 0.354. The van der Waals surface area contributed by atoms with Crippen LogP contribution in [0.5, 0.6) is 11.5 Å². The van der Waals surface area contributed by atoms with Crippen LogP contribution in [0, 0.1) is 0 Å². The number of ether oxygens (including phenoxy) is 2. The van der Waals surface area contributed by atoms with Crippen LogP contribution >= 0.6 is 0 Å². The lowest BCUT2D eigenvalue weighted by Gasteiger charge is -2.10. The molecule has 0 saturated heterocycles. The van der Waals surface area contributed by atoms with Gasteiger partial charge in [0.25, 0.3) is 0 Å². The van der Waals surface area contributed by atoms with Gasteiger partial charge in [0.2, 0.25) is 0 Å². The summed E-state index contributed by atoms with van der Waals surface area (Å²) in [5.41, 5.74) is 8.69. The molecule has 0 unspecified atom stereocenters. The molecule has 21 heavy (non-hydrogen) atoms. The molecule has 5 heteroatoms. The van der Waals surface area contributed by atoms with E-state index in [9.17, 15) is 0 Å². The van der Waals surface area contributed by atoms with Gasteiger partial charge in [0.1, 0.15) is 0 Å². The van der Waals surface area contributed by atoms with E-state index in [1.165, 1.54) is 0 Å². The fourth-order valence-electron chi connectivity index (χ4n) is 2.37. The van der Waals surface area contributed by atoms with Gasteiger partial charge in [-0.25, -0.2) is 0 Å². The number of aromatic nitrogens is 2. The van der Waals surface area contributed by atoms with Crippen LogP contribution in [0.2, 0.25) is 0 Å². The van der Waals surface area contributed by atoms with Crippen LogP contribution in [0.15, 0.2) is 42.6 Å². The zero-order valence-electron chi connectivity index (χ0n) is 12.0. The summed E-state index contributed by atoms with van der Waals surface area (Å²) in [7, 11) is 3.26. The number of benzene rings is 2. The van der Waals surface area contributed by atoms with E-state index in [4.69, 9.17) is 15.2 Å². The third kappa shape index (κ3) is 2.50. The van der Waals surface area contributed by atoms with Crippen molar-refractivity contribution in [2.75, 3.05) is 20.0 Å². The van der Waals surface area contributed by atoms with Gasteiger partial charge in [0, 0.05) is 11.1 Å². The second-order valence-electron chi connectivity index (χ2n) is 4.81. The van der Waals surface area contributed by atoms with Crippen molar-refractivity contribution >= 4 is 16.6 Å². The van der Waals surface area contributed by atoms with Gasteiger partial charge in [-0.2, -0.15) is 5.10 Å². The van der Waals surface area contributed by atoms with Gasteiger partial charge in [-0.15, -0.1) is 0 Å². The predicted octanol–water partition coefficient (Wildman–Crippen LogP) is 2.68. The first-order valence-electron chi connectivity index (χ1n) is 6.63. The summed E-state index contributed by atoms with van der Waals surface area (Å²) in [5.74, 6) is 1.43. The largest absolute Gasteiger partial charge is 0.493 e. The van der Waals surface area contributed by atoms with Gasteiger partial charge >= 0.3 is 0 Å². The second kappa shape index (κ2) is 5.36. The molecular formula is C16H17N3O2. The highest BCUT2D eigenvalue weighted by Crippen LogP contribution is 2.28. The average molecular weight is 283 g/mol. The maximum absolute atomic E-state index is 5.85. The summed E-state index contributed by atoms with van der Waals surface area (Å²) in [4.78, 5) is 0. The molecule has 0 radical (unpaired) electrons. The number of anilines is 1. The molecule has 0 fully saturated rings. The standard InChI is InChI=1S/C16H17N3O2/c1-20-15-6-3-11(7-16(15)21-2)10-19-14-8-13(17)5-4-12(14)9-18-19/h3-9H,10,17H2,1-2H3. The number of hydrogen-bond donors (Lipinski definition) is 1. The van der Waals surface area contributed by atoms with E-state index in [1.807, 2.05) is 47.3 Å². The third-order valence-corrected chi connectivity index (χ3v) is 3.45. The summed E-state index contributed by atoms with van der Waals surface area (Å²) < 4.78 is 12.5. The minimum atomic E-state index is 0.646. The average Bonchev–Trinajstić information content (AvgIpc) is 2.89. The number of methoxy groups -OCH3 is 2. The fourth-order valence-corrected chi connectivity index (χ4v) is 2.37. The molecule has 2 N–H and O–H groups in total. The van der Waals surface area contributed by atoms with Gasteiger partial charge in [0.15, 0.2) is 11.5 Å². The van der Waals surface area contributed by atoms with Crippen LogP contribution in [0.4, 0.5) is 5.69 Å². The van der Waals surface area contributed by atoms with Crippen molar-refractivity contribution < 1.29 is 9.47 Å². The summed E-state index contributed by atoms with van der Waals surface area (Å²) in [5, 5.41) is 5.49. The number of fused-ring (bicyclic) bond motifs is 1. The Hall–Kier alpha value is -2.69. The molecule has 5 nitrogen and oxygen atoms in total. The van der Waals surface area contributed by atoms with E-state index >= 15 is 0 Å². The Bertz CT molecular complexity index is 780. The number of nitrogens with zero attached hydrogens (tertiary/aromatic N) is 2. The van der Waals surface area contributed by atoms with Crippen LogP contribution in [-0.4, -0.2) is 24.0 Å². The zero-order valence-corrected chi connectivity index (χ0v) is 12.0. The number of rotatable bonds is 4. The Kier molecular flexibility index (Phi) is 3.39. The van der Waals surface area contributed by atoms with Gasteiger partial charge in [-0.3, -0.25) is 4.68 Å². The number of nitrogens with two attached hydrogens (primary N) is 1. The molecule has 0 aliphatic rings. The molecule has 1 aromatic heterocycles. The van der Waals surface area contributed by atoms with Gasteiger partial charge in [0.05, 0.1) is 32.5 Å². The molecule has 0 bridgehead atoms. The first-order chi connectivity index (χ1) is 10.2. The molecule has 3 aromatic rings. The normalized spacial score (nSPS) is 10.8. The highest BCUT2D eigenvalue weighted by molar-refractivity contribution is 5.81. The first-order valence-corrected chi connectivity index (χ1v) is 6.63. The van der Waals surface area contributed by atoms with Gasteiger partial charge < -0.3 is 15.2 Å². The molecule has 0 aliphatic heterocycles. The van der Waals surface area contributed by atoms with Crippen molar-refractivity contribution in [3.8, 4) is 11.5 Å². The van der Waals surface area contributed by atoms with Crippen molar-refractivity contribution in [2.24, 2.45) is 0 Å². The lowest BCUT2D eigenvalue weighted by Crippen LogP contribution is -2.02. The summed E-state index contributed by atoms with van der Waals surface area (Å²) in [6.07, 6.45) is 1.84. The van der Waals surface area contributed by atoms with Gasteiger partial charge in [-0.05, 0) is 35.9 Å². The predicted molar refractivity (Wildman–Crippen MR) is 82.8 cm³/mol. The number of hydrogen-bond acceptors (Lipinski definition) is 4. The summed E-state index contributed by atoms with van der Waals surface area (Å²) >= 11 is 0. The van der Waals surface area contributed by atoms with Crippen molar-refractivity contribution in [2.45, 2.75) is 6.54 Å². The quantitative estimate of drug-likeness (QED) is 0.748. The van der Waals surface area contributed by atoms with E-state index in [1.54, 1.807) is 14.2 Å². The second-order valence-corrected chi connectivity index (χ2v) is 4.81. The van der Waals surface area contributed by atoms with Crippen LogP contribution in [0.1, 0.15) is 5.56 Å². The maximum Gasteiger partial charge on any atom is 0.161 e. The highest BCUT2D eigenvalue weighted by Gasteiger charge is 2.07. The van der Waals surface area contributed by atoms with Crippen molar-refractivity contribution in [3.63, 3.8) is 0 Å². The first kappa shape index (κ1) is 13.3. The Balaban J connectivity index is 1.96. The lowest BCUT2D eigenvalue weighted by atomic mass is 10.2. The Morgan fingerprint density at radius 1 is 1.05 bits per heavy atom. The van der Waals surface area contributed by atoms with E-state index in [2.05, 4.69) is 5.10 Å². The Morgan fingerprint density at radius 3 is 2.62 bits per heavy atom. The summed E-state index contributed by atoms with van der Waals surface area (Å²) in [6, 6.07) is 11.6. The SMILES string of the molecule is COc1ccc(Cn2ncc3ccc(N)cc32)cc1OC. The van der Waals surface area contributed by atoms with Crippen molar-refractivity contribution in [1.82, 2.24) is 9.78 Å². The minimum absolute atomic E-state index is 0.646. The summed E-state index contributed by atoms with van der Waals surface area (Å²) in [6.45, 7) is 0.646. The van der Waals surface area contributed by atoms with E-state index in [0.29, 0.717) is 12.3 Å². The van der Waals surface area contributed by atoms with Gasteiger partial charge in [-0.1, -0.05) is 6.07 Å². The number of nitrogen functional groups attached to an aromatic ring is 1. The molecule has 1 heterocycles. The third-order valence-electron chi connectivity index (χ3n) is 3.45. The monoisotopic (exact) mass is 283 g/mol. The van der Waals surface area contributed by atoms with Crippen LogP contribution < -0.4 is 15.2 Å². The Labute approximate surface area is 122 Å². The Morgan fingerprint density at radius 2 is 1.86 bits per heavy atom. The van der Waals surface area contributed by atoms with E-state index in [-0.39, 0.29) is 0 Å². The maximum atomic E-state index is 5.85. The van der Waals surface area contributed by atoms with E-state index < -0.39 is 0 Å². The molecule has 0 spiro atoms. The van der Waals surface area contributed by atoms with Crippen molar-refractivity contribution in [1.29, 1.82) is 0 Å². The molecule has 0 saturated carbocycles. The molecule has 0 aliphatic carbocycles. The highest BCUT2D eigenvalue weighted by atomic mass is 16.5. The minimum Gasteiger partial charge on any atom is -0.493 e. The fraction of sp³-hybridized carbons (Fsp3) is 0.188. The smallest absolute Gasteiger partial charge is 0.161 e. The van der Waals surface area contributed by atoms with Crippen LogP contribution in [-0.2, 0) is 6.54 Å². The molecule has 3 rings (SSSR count). The molecule has 2 aromatic carbocycles. The molecule has 108 valence electrons. The molecule has 0 atom stereocenters. The zero-order chi connectivity index (χ0) is 14.8. The van der Waals surface area contributed by atoms with Crippen LogP contribution in [0.25, 0.3) is 10.9 Å². The molecule has 0 amide bonds. The molecular weight excluding hydrogens is 266 g/mol. The van der Waals surface area contributed by atoms with Crippen molar-refractivity contribution in [3.05, 3.63) is 48.2 Å².